The van der Waals surface area contributed by atoms with Gasteiger partial charge in [-0.15, -0.1) is 0 Å². The van der Waals surface area contributed by atoms with Crippen molar-refractivity contribution in [2.45, 2.75) is 6.54 Å². The lowest BCUT2D eigenvalue weighted by Gasteiger charge is -2.02. The molecule has 0 saturated carbocycles. The van der Waals surface area contributed by atoms with Crippen LogP contribution in [0, 0.1) is 0 Å². The van der Waals surface area contributed by atoms with Gasteiger partial charge in [0.1, 0.15) is 4.99 Å². The lowest BCUT2D eigenvalue weighted by atomic mass is 10.1. The molecule has 0 radical (unpaired) electrons. The molecule has 0 unspecified atom stereocenters. The van der Waals surface area contributed by atoms with Gasteiger partial charge in [0, 0.05) is 12.1 Å². The molecular weight excluding hydrogens is 168 g/mol. The number of nitrogens with two attached hydrogens (primary N) is 1. The zero-order valence-corrected chi connectivity index (χ0v) is 7.82. The van der Waals surface area contributed by atoms with Crippen molar-refractivity contribution in [3.63, 3.8) is 0 Å². The van der Waals surface area contributed by atoms with Crippen LogP contribution in [0.5, 0.6) is 0 Å². The molecule has 0 bridgehead atoms. The number of rotatable bonds is 3. The highest BCUT2D eigenvalue weighted by molar-refractivity contribution is 7.80. The molecule has 0 saturated heterocycles. The summed E-state index contributed by atoms with van der Waals surface area (Å²) in [7, 11) is 1.91. The normalized spacial score (nSPS) is 9.75. The average molecular weight is 180 g/mol. The lowest BCUT2D eigenvalue weighted by Crippen LogP contribution is -2.11. The monoisotopic (exact) mass is 180 g/mol. The molecule has 1 aromatic carbocycles. The average Bonchev–Trinajstić information content (AvgIpc) is 2.05. The Morgan fingerprint density at radius 1 is 1.58 bits per heavy atom. The molecule has 0 aliphatic heterocycles. The van der Waals surface area contributed by atoms with E-state index in [9.17, 15) is 0 Å². The molecule has 0 heterocycles. The van der Waals surface area contributed by atoms with Gasteiger partial charge >= 0.3 is 0 Å². The number of nitrogens with one attached hydrogen (secondary N) is 1. The Labute approximate surface area is 77.8 Å². The minimum absolute atomic E-state index is 0.452. The Kier molecular flexibility index (Phi) is 3.19. The van der Waals surface area contributed by atoms with Crippen molar-refractivity contribution in [1.82, 2.24) is 5.32 Å². The third kappa shape index (κ3) is 2.29. The van der Waals surface area contributed by atoms with Crippen LogP contribution in [0.4, 0.5) is 0 Å². The first-order valence-electron chi connectivity index (χ1n) is 3.77. The molecule has 2 nitrogen and oxygen atoms in total. The van der Waals surface area contributed by atoms with Crippen molar-refractivity contribution in [3.8, 4) is 0 Å². The maximum Gasteiger partial charge on any atom is 0.103 e. The molecule has 1 aromatic rings. The molecule has 0 atom stereocenters. The predicted octanol–water partition coefficient (Wildman–Crippen LogP) is 1.04. The summed E-state index contributed by atoms with van der Waals surface area (Å²) >= 11 is 4.86. The van der Waals surface area contributed by atoms with Crippen molar-refractivity contribution >= 4 is 17.2 Å². The van der Waals surface area contributed by atoms with E-state index in [0.717, 1.165) is 12.1 Å². The SMILES string of the molecule is CNCc1cccc(C(N)=S)c1. The van der Waals surface area contributed by atoms with E-state index >= 15 is 0 Å². The van der Waals surface area contributed by atoms with Crippen molar-refractivity contribution in [1.29, 1.82) is 0 Å². The fourth-order valence-corrected chi connectivity index (χ4v) is 1.17. The maximum atomic E-state index is 5.49. The van der Waals surface area contributed by atoms with Crippen molar-refractivity contribution in [3.05, 3.63) is 35.4 Å². The quantitative estimate of drug-likeness (QED) is 0.683. The zero-order valence-electron chi connectivity index (χ0n) is 7.00. The summed E-state index contributed by atoms with van der Waals surface area (Å²) in [6.07, 6.45) is 0. The Balaban J connectivity index is 2.88. The highest BCUT2D eigenvalue weighted by atomic mass is 32.1. The van der Waals surface area contributed by atoms with Crippen LogP contribution >= 0.6 is 12.2 Å². The molecule has 3 N–H and O–H groups in total. The maximum absolute atomic E-state index is 5.49. The fourth-order valence-electron chi connectivity index (χ4n) is 1.04. The summed E-state index contributed by atoms with van der Waals surface area (Å²) in [4.78, 5) is 0.452. The minimum Gasteiger partial charge on any atom is -0.389 e. The number of hydrogen-bond acceptors (Lipinski definition) is 2. The van der Waals surface area contributed by atoms with Crippen molar-refractivity contribution in [2.75, 3.05) is 7.05 Å². The van der Waals surface area contributed by atoms with Crippen LogP contribution in [-0.2, 0) is 6.54 Å². The molecule has 0 amide bonds. The summed E-state index contributed by atoms with van der Waals surface area (Å²) in [5.74, 6) is 0. The molecule has 3 heteroatoms. The van der Waals surface area contributed by atoms with E-state index < -0.39 is 0 Å². The van der Waals surface area contributed by atoms with Gasteiger partial charge in [0.15, 0.2) is 0 Å². The second-order valence-electron chi connectivity index (χ2n) is 2.59. The summed E-state index contributed by atoms with van der Waals surface area (Å²) < 4.78 is 0. The summed E-state index contributed by atoms with van der Waals surface area (Å²) in [5.41, 5.74) is 7.62. The van der Waals surface area contributed by atoms with Gasteiger partial charge in [-0.1, -0.05) is 30.4 Å². The van der Waals surface area contributed by atoms with Crippen LogP contribution in [0.1, 0.15) is 11.1 Å². The van der Waals surface area contributed by atoms with Crippen LogP contribution in [0.25, 0.3) is 0 Å². The first-order valence-corrected chi connectivity index (χ1v) is 4.18. The number of thiocarbonyl (C=S) groups is 1. The first-order chi connectivity index (χ1) is 5.74. The van der Waals surface area contributed by atoms with Crippen molar-refractivity contribution < 1.29 is 0 Å². The molecule has 12 heavy (non-hydrogen) atoms. The lowest BCUT2D eigenvalue weighted by molar-refractivity contribution is 0.818. The van der Waals surface area contributed by atoms with Gasteiger partial charge in [-0.05, 0) is 18.7 Å². The van der Waals surface area contributed by atoms with E-state index in [1.807, 2.05) is 31.3 Å². The van der Waals surface area contributed by atoms with Crippen LogP contribution in [0.3, 0.4) is 0 Å². The molecule has 0 spiro atoms. The van der Waals surface area contributed by atoms with Gasteiger partial charge in [0.25, 0.3) is 0 Å². The highest BCUT2D eigenvalue weighted by Crippen LogP contribution is 2.04. The molecule has 0 fully saturated rings. The van der Waals surface area contributed by atoms with E-state index in [1.54, 1.807) is 0 Å². The van der Waals surface area contributed by atoms with E-state index in [2.05, 4.69) is 5.32 Å². The van der Waals surface area contributed by atoms with E-state index in [0.29, 0.717) is 4.99 Å². The van der Waals surface area contributed by atoms with Crippen LogP contribution < -0.4 is 11.1 Å². The van der Waals surface area contributed by atoms with Gasteiger partial charge in [0.2, 0.25) is 0 Å². The fraction of sp³-hybridized carbons (Fsp3) is 0.222. The van der Waals surface area contributed by atoms with Crippen LogP contribution in [0.2, 0.25) is 0 Å². The predicted molar refractivity (Wildman–Crippen MR) is 55.1 cm³/mol. The second-order valence-corrected chi connectivity index (χ2v) is 3.03. The van der Waals surface area contributed by atoms with Gasteiger partial charge in [-0.3, -0.25) is 0 Å². The minimum atomic E-state index is 0.452. The topological polar surface area (TPSA) is 38.0 Å². The van der Waals surface area contributed by atoms with Gasteiger partial charge in [-0.25, -0.2) is 0 Å². The largest absolute Gasteiger partial charge is 0.389 e. The summed E-state index contributed by atoms with van der Waals surface area (Å²) in [5, 5.41) is 3.07. The van der Waals surface area contributed by atoms with E-state index in [1.165, 1.54) is 5.56 Å². The van der Waals surface area contributed by atoms with Gasteiger partial charge in [-0.2, -0.15) is 0 Å². The van der Waals surface area contributed by atoms with E-state index in [4.69, 9.17) is 18.0 Å². The molecule has 64 valence electrons. The Morgan fingerprint density at radius 3 is 2.92 bits per heavy atom. The Morgan fingerprint density at radius 2 is 2.33 bits per heavy atom. The zero-order chi connectivity index (χ0) is 8.97. The molecule has 0 aromatic heterocycles. The molecule has 0 aliphatic carbocycles. The number of benzene rings is 1. The summed E-state index contributed by atoms with van der Waals surface area (Å²) in [6.45, 7) is 0.844. The second kappa shape index (κ2) is 4.18. The molecule has 0 aliphatic rings. The van der Waals surface area contributed by atoms with Crippen LogP contribution in [0.15, 0.2) is 24.3 Å². The van der Waals surface area contributed by atoms with Crippen LogP contribution in [-0.4, -0.2) is 12.0 Å². The number of hydrogen-bond donors (Lipinski definition) is 2. The van der Waals surface area contributed by atoms with Gasteiger partial charge < -0.3 is 11.1 Å². The smallest absolute Gasteiger partial charge is 0.103 e. The van der Waals surface area contributed by atoms with Gasteiger partial charge in [0.05, 0.1) is 0 Å². The Bertz CT molecular complexity index is 284. The Hall–Kier alpha value is -0.930. The highest BCUT2D eigenvalue weighted by Gasteiger charge is 1.96. The molecule has 1 rings (SSSR count). The third-order valence-electron chi connectivity index (χ3n) is 1.59. The standard InChI is InChI=1S/C9H12N2S/c1-11-6-7-3-2-4-8(5-7)9(10)12/h2-5,11H,6H2,1H3,(H2,10,12). The first kappa shape index (κ1) is 9.16. The van der Waals surface area contributed by atoms with E-state index in [-0.39, 0.29) is 0 Å². The summed E-state index contributed by atoms with van der Waals surface area (Å²) in [6, 6.07) is 7.92. The third-order valence-corrected chi connectivity index (χ3v) is 1.83. The van der Waals surface area contributed by atoms with Crippen molar-refractivity contribution in [2.24, 2.45) is 5.73 Å². The molecular formula is C9H12N2S.